The van der Waals surface area contributed by atoms with Crippen LogP contribution in [0.25, 0.3) is 0 Å². The number of nitrogens with zero attached hydrogens (tertiary/aromatic N) is 2. The third-order valence-electron chi connectivity index (χ3n) is 5.19. The summed E-state index contributed by atoms with van der Waals surface area (Å²) in [5.74, 6) is 0. The molecule has 2 atom stereocenters. The second-order valence-electron chi connectivity index (χ2n) is 7.29. The molecule has 29 heavy (non-hydrogen) atoms. The zero-order valence-corrected chi connectivity index (χ0v) is 18.3. The van der Waals surface area contributed by atoms with Gasteiger partial charge < -0.3 is 5.11 Å². The average molecular weight is 439 g/mol. The minimum atomic E-state index is -3.87. The van der Waals surface area contributed by atoms with Crippen LogP contribution in [0.4, 0.5) is 0 Å². The fraction of sp³-hybridized carbons (Fsp3) is 0.400. The van der Waals surface area contributed by atoms with Crippen molar-refractivity contribution in [2.75, 3.05) is 19.6 Å². The molecule has 2 aromatic rings. The highest BCUT2D eigenvalue weighted by atomic mass is 32.2. The Morgan fingerprint density at radius 1 is 0.897 bits per heavy atom. The van der Waals surface area contributed by atoms with Gasteiger partial charge in [0.2, 0.25) is 20.0 Å². The maximum absolute atomic E-state index is 13.1. The van der Waals surface area contributed by atoms with Gasteiger partial charge in [0, 0.05) is 19.6 Å². The third kappa shape index (κ3) is 4.24. The van der Waals surface area contributed by atoms with Gasteiger partial charge in [0.25, 0.3) is 0 Å². The Balaban J connectivity index is 1.89. The molecule has 0 amide bonds. The number of likely N-dealkylation sites (N-methyl/N-ethyl adjacent to an activating group) is 1. The Bertz CT molecular complexity index is 1060. The fourth-order valence-corrected chi connectivity index (χ4v) is 6.63. The summed E-state index contributed by atoms with van der Waals surface area (Å²) in [5, 5.41) is 10.6. The number of aryl methyl sites for hydroxylation is 2. The molecule has 7 nitrogen and oxygen atoms in total. The van der Waals surface area contributed by atoms with Crippen molar-refractivity contribution < 1.29 is 21.9 Å². The lowest BCUT2D eigenvalue weighted by Gasteiger charge is -2.28. The zero-order chi connectivity index (χ0) is 21.4. The highest BCUT2D eigenvalue weighted by Crippen LogP contribution is 2.28. The molecule has 0 aromatic heterocycles. The first kappa shape index (κ1) is 21.9. The van der Waals surface area contributed by atoms with E-state index in [1.165, 1.54) is 28.6 Å². The molecule has 1 heterocycles. The van der Waals surface area contributed by atoms with E-state index in [0.717, 1.165) is 15.4 Å². The van der Waals surface area contributed by atoms with E-state index in [0.29, 0.717) is 0 Å². The van der Waals surface area contributed by atoms with E-state index in [1.54, 1.807) is 31.2 Å². The van der Waals surface area contributed by atoms with Crippen molar-refractivity contribution in [2.24, 2.45) is 0 Å². The molecule has 158 valence electrons. The molecular formula is C20H26N2O5S2. The molecule has 3 rings (SSSR count). The van der Waals surface area contributed by atoms with Crippen LogP contribution in [0.2, 0.25) is 0 Å². The van der Waals surface area contributed by atoms with Crippen molar-refractivity contribution in [2.45, 2.75) is 42.7 Å². The first-order valence-corrected chi connectivity index (χ1v) is 12.3. The summed E-state index contributed by atoms with van der Waals surface area (Å²) in [7, 11) is -7.70. The van der Waals surface area contributed by atoms with Crippen molar-refractivity contribution in [1.29, 1.82) is 0 Å². The van der Waals surface area contributed by atoms with Crippen LogP contribution in [-0.2, 0) is 20.0 Å². The summed E-state index contributed by atoms with van der Waals surface area (Å²) in [6.07, 6.45) is -1.12. The molecule has 0 bridgehead atoms. The number of hydrogen-bond acceptors (Lipinski definition) is 5. The quantitative estimate of drug-likeness (QED) is 0.741. The molecule has 1 aliphatic rings. The van der Waals surface area contributed by atoms with E-state index < -0.39 is 32.2 Å². The number of sulfonamides is 2. The van der Waals surface area contributed by atoms with Crippen LogP contribution in [0.15, 0.2) is 58.3 Å². The minimum Gasteiger partial charge on any atom is -0.390 e. The lowest BCUT2D eigenvalue weighted by atomic mass is 10.2. The summed E-state index contributed by atoms with van der Waals surface area (Å²) in [5.41, 5.74) is 1.87. The van der Waals surface area contributed by atoms with Crippen molar-refractivity contribution in [3.8, 4) is 0 Å². The molecular weight excluding hydrogens is 412 g/mol. The number of benzene rings is 2. The third-order valence-corrected chi connectivity index (χ3v) is 9.05. The summed E-state index contributed by atoms with van der Waals surface area (Å²) in [6, 6.07) is 12.1. The molecule has 1 fully saturated rings. The summed E-state index contributed by atoms with van der Waals surface area (Å²) in [4.78, 5) is 0.248. The maximum Gasteiger partial charge on any atom is 0.243 e. The molecule has 9 heteroatoms. The molecule has 2 aromatic carbocycles. The average Bonchev–Trinajstić information content (AvgIpc) is 3.05. The molecule has 0 saturated carbocycles. The van der Waals surface area contributed by atoms with E-state index in [4.69, 9.17) is 0 Å². The Kier molecular flexibility index (Phi) is 6.16. The maximum atomic E-state index is 13.1. The molecule has 1 saturated heterocycles. The van der Waals surface area contributed by atoms with Gasteiger partial charge >= 0.3 is 0 Å². The molecule has 2 unspecified atom stereocenters. The van der Waals surface area contributed by atoms with Gasteiger partial charge in [0.1, 0.15) is 0 Å². The Morgan fingerprint density at radius 3 is 1.86 bits per heavy atom. The molecule has 1 N–H and O–H groups in total. The molecule has 0 aliphatic carbocycles. The van der Waals surface area contributed by atoms with Crippen LogP contribution in [-0.4, -0.2) is 62.3 Å². The summed E-state index contributed by atoms with van der Waals surface area (Å²) >= 11 is 0. The number of aliphatic hydroxyl groups is 1. The van der Waals surface area contributed by atoms with Gasteiger partial charge in [0.15, 0.2) is 0 Å². The van der Waals surface area contributed by atoms with Crippen LogP contribution >= 0.6 is 0 Å². The van der Waals surface area contributed by atoms with Gasteiger partial charge in [-0.15, -0.1) is 0 Å². The monoisotopic (exact) mass is 438 g/mol. The van der Waals surface area contributed by atoms with E-state index in [-0.39, 0.29) is 29.4 Å². The predicted octanol–water partition coefficient (Wildman–Crippen LogP) is 1.75. The second kappa shape index (κ2) is 8.16. The summed E-state index contributed by atoms with van der Waals surface area (Å²) < 4.78 is 54.5. The molecule has 0 radical (unpaired) electrons. The van der Waals surface area contributed by atoms with Gasteiger partial charge in [-0.3, -0.25) is 0 Å². The van der Waals surface area contributed by atoms with Crippen LogP contribution < -0.4 is 0 Å². The van der Waals surface area contributed by atoms with Gasteiger partial charge in [-0.1, -0.05) is 42.3 Å². The topological polar surface area (TPSA) is 95.0 Å². The standard InChI is InChI=1S/C20H26N2O5S2/c1-4-22(29(26,27)18-11-7-16(3)8-12-18)19-13-21(14-20(19)23)28(24,25)17-9-5-15(2)6-10-17/h5-12,19-20,23H,4,13-14H2,1-3H3. The van der Waals surface area contributed by atoms with Crippen molar-refractivity contribution in [3.63, 3.8) is 0 Å². The van der Waals surface area contributed by atoms with Crippen LogP contribution in [0, 0.1) is 13.8 Å². The SMILES string of the molecule is CCN(C1CN(S(=O)(=O)c2ccc(C)cc2)CC1O)S(=O)(=O)c1ccc(C)cc1. The van der Waals surface area contributed by atoms with Gasteiger partial charge in [-0.25, -0.2) is 16.8 Å². The number of rotatable bonds is 6. The fourth-order valence-electron chi connectivity index (χ4n) is 3.50. The first-order chi connectivity index (χ1) is 13.6. The van der Waals surface area contributed by atoms with Crippen LogP contribution in [0.1, 0.15) is 18.1 Å². The van der Waals surface area contributed by atoms with E-state index >= 15 is 0 Å². The highest BCUT2D eigenvalue weighted by molar-refractivity contribution is 7.89. The van der Waals surface area contributed by atoms with Crippen LogP contribution in [0.3, 0.4) is 0 Å². The Hall–Kier alpha value is -1.78. The normalized spacial score (nSPS) is 21.0. The van der Waals surface area contributed by atoms with Crippen LogP contribution in [0.5, 0.6) is 0 Å². The van der Waals surface area contributed by atoms with Gasteiger partial charge in [-0.05, 0) is 38.1 Å². The van der Waals surface area contributed by atoms with E-state index in [1.807, 2.05) is 13.8 Å². The molecule has 0 spiro atoms. The largest absolute Gasteiger partial charge is 0.390 e. The van der Waals surface area contributed by atoms with Crippen molar-refractivity contribution in [3.05, 3.63) is 59.7 Å². The van der Waals surface area contributed by atoms with E-state index in [9.17, 15) is 21.9 Å². The highest BCUT2D eigenvalue weighted by Gasteiger charge is 2.44. The van der Waals surface area contributed by atoms with Crippen molar-refractivity contribution >= 4 is 20.0 Å². The Labute approximate surface area is 172 Å². The Morgan fingerprint density at radius 2 is 1.38 bits per heavy atom. The lowest BCUT2D eigenvalue weighted by molar-refractivity contribution is 0.128. The van der Waals surface area contributed by atoms with E-state index in [2.05, 4.69) is 0 Å². The smallest absolute Gasteiger partial charge is 0.243 e. The molecule has 1 aliphatic heterocycles. The van der Waals surface area contributed by atoms with Crippen molar-refractivity contribution in [1.82, 2.24) is 8.61 Å². The predicted molar refractivity (Wildman–Crippen MR) is 110 cm³/mol. The first-order valence-electron chi connectivity index (χ1n) is 9.40. The minimum absolute atomic E-state index is 0.101. The zero-order valence-electron chi connectivity index (χ0n) is 16.7. The van der Waals surface area contributed by atoms with Gasteiger partial charge in [0.05, 0.1) is 21.9 Å². The second-order valence-corrected chi connectivity index (χ2v) is 11.1. The van der Waals surface area contributed by atoms with Gasteiger partial charge in [-0.2, -0.15) is 8.61 Å². The summed E-state index contributed by atoms with van der Waals surface area (Å²) in [6.45, 7) is 5.27. The number of β-amino-alcohol motifs (C(OH)–C–C–N with tert-alkyl or cyclic N) is 1. The number of aliphatic hydroxyl groups excluding tert-OH is 1. The lowest BCUT2D eigenvalue weighted by Crippen LogP contribution is -2.46. The number of hydrogen-bond donors (Lipinski definition) is 1.